The van der Waals surface area contributed by atoms with E-state index in [4.69, 9.17) is 9.47 Å². The fourth-order valence-corrected chi connectivity index (χ4v) is 3.14. The molecule has 1 unspecified atom stereocenters. The van der Waals surface area contributed by atoms with Crippen LogP contribution in [0.15, 0.2) is 16.6 Å². The number of nitrogens with one attached hydrogen (secondary N) is 1. The molecular weight excluding hydrogens is 334 g/mol. The van der Waals surface area contributed by atoms with Gasteiger partial charge in [-0.1, -0.05) is 29.8 Å². The minimum atomic E-state index is -0.286. The Morgan fingerprint density at radius 1 is 1.48 bits per heavy atom. The Balaban J connectivity index is 2.09. The molecule has 0 saturated heterocycles. The zero-order chi connectivity index (χ0) is 15.4. The summed E-state index contributed by atoms with van der Waals surface area (Å²) in [5.74, 6) is 1.17. The third kappa shape index (κ3) is 4.20. The molecule has 0 bridgehead atoms. The number of rotatable bonds is 6. The van der Waals surface area contributed by atoms with Crippen molar-refractivity contribution in [3.05, 3.63) is 27.7 Å². The number of methoxy groups -OCH3 is 1. The highest BCUT2D eigenvalue weighted by Gasteiger charge is 2.22. The molecule has 1 aromatic rings. The van der Waals surface area contributed by atoms with E-state index < -0.39 is 0 Å². The fourth-order valence-electron chi connectivity index (χ4n) is 2.59. The summed E-state index contributed by atoms with van der Waals surface area (Å²) in [6, 6.07) is 3.85. The predicted octanol–water partition coefficient (Wildman–Crippen LogP) is 3.06. The van der Waals surface area contributed by atoms with Crippen LogP contribution in [-0.4, -0.2) is 25.7 Å². The number of carbonyl (C=O) groups excluding carboxylic acids is 1. The SMILES string of the molecule is COC(=O)C(CC(C)C)NCc1cc(Br)cc2c1OCC2. The second kappa shape index (κ2) is 7.27. The Labute approximate surface area is 134 Å². The predicted molar refractivity (Wildman–Crippen MR) is 85.4 cm³/mol. The summed E-state index contributed by atoms with van der Waals surface area (Å²) in [6.45, 7) is 5.51. The molecule has 116 valence electrons. The van der Waals surface area contributed by atoms with Gasteiger partial charge in [0.15, 0.2) is 0 Å². The molecule has 0 aliphatic carbocycles. The van der Waals surface area contributed by atoms with Crippen molar-refractivity contribution in [2.75, 3.05) is 13.7 Å². The molecule has 0 spiro atoms. The van der Waals surface area contributed by atoms with Crippen molar-refractivity contribution >= 4 is 21.9 Å². The van der Waals surface area contributed by atoms with Crippen LogP contribution < -0.4 is 10.1 Å². The van der Waals surface area contributed by atoms with Crippen molar-refractivity contribution in [3.8, 4) is 5.75 Å². The monoisotopic (exact) mass is 355 g/mol. The van der Waals surface area contributed by atoms with Crippen molar-refractivity contribution in [2.24, 2.45) is 5.92 Å². The smallest absolute Gasteiger partial charge is 0.322 e. The van der Waals surface area contributed by atoms with E-state index in [2.05, 4.69) is 41.2 Å². The second-order valence-corrected chi connectivity index (χ2v) is 6.65. The van der Waals surface area contributed by atoms with Crippen molar-refractivity contribution in [1.82, 2.24) is 5.32 Å². The average molecular weight is 356 g/mol. The lowest BCUT2D eigenvalue weighted by Gasteiger charge is -2.19. The summed E-state index contributed by atoms with van der Waals surface area (Å²) in [7, 11) is 1.43. The lowest BCUT2D eigenvalue weighted by atomic mass is 10.0. The highest BCUT2D eigenvalue weighted by Crippen LogP contribution is 2.33. The normalized spacial score (nSPS) is 14.7. The van der Waals surface area contributed by atoms with Gasteiger partial charge in [0.05, 0.1) is 13.7 Å². The number of hydrogen-bond acceptors (Lipinski definition) is 4. The van der Waals surface area contributed by atoms with Crippen LogP contribution >= 0.6 is 15.9 Å². The van der Waals surface area contributed by atoms with Gasteiger partial charge in [0.25, 0.3) is 0 Å². The van der Waals surface area contributed by atoms with E-state index in [9.17, 15) is 4.79 Å². The molecule has 4 nitrogen and oxygen atoms in total. The summed E-state index contributed by atoms with van der Waals surface area (Å²) >= 11 is 3.53. The molecule has 21 heavy (non-hydrogen) atoms. The standard InChI is InChI=1S/C16H22BrNO3/c1-10(2)6-14(16(19)20-3)18-9-12-8-13(17)7-11-4-5-21-15(11)12/h7-8,10,14,18H,4-6,9H2,1-3H3. The first-order chi connectivity index (χ1) is 10.0. The largest absolute Gasteiger partial charge is 0.493 e. The van der Waals surface area contributed by atoms with E-state index in [0.29, 0.717) is 12.5 Å². The third-order valence-corrected chi connectivity index (χ3v) is 4.01. The van der Waals surface area contributed by atoms with Crippen molar-refractivity contribution in [1.29, 1.82) is 0 Å². The van der Waals surface area contributed by atoms with E-state index in [1.807, 2.05) is 6.07 Å². The zero-order valence-electron chi connectivity index (χ0n) is 12.7. The molecular formula is C16H22BrNO3. The van der Waals surface area contributed by atoms with E-state index >= 15 is 0 Å². The molecule has 0 aromatic heterocycles. The first-order valence-corrected chi connectivity index (χ1v) is 8.06. The van der Waals surface area contributed by atoms with Crippen molar-refractivity contribution < 1.29 is 14.3 Å². The van der Waals surface area contributed by atoms with Crippen LogP contribution in [0.2, 0.25) is 0 Å². The molecule has 1 atom stereocenters. The Bertz CT molecular complexity index is 516. The molecule has 0 fully saturated rings. The minimum Gasteiger partial charge on any atom is -0.493 e. The van der Waals surface area contributed by atoms with Gasteiger partial charge in [-0.15, -0.1) is 0 Å². The van der Waals surface area contributed by atoms with Crippen molar-refractivity contribution in [3.63, 3.8) is 0 Å². The van der Waals surface area contributed by atoms with E-state index in [0.717, 1.165) is 35.2 Å². The van der Waals surface area contributed by atoms with Gasteiger partial charge in [0, 0.05) is 23.0 Å². The fraction of sp³-hybridized carbons (Fsp3) is 0.562. The molecule has 5 heteroatoms. The third-order valence-electron chi connectivity index (χ3n) is 3.56. The molecule has 0 radical (unpaired) electrons. The molecule has 1 aliphatic heterocycles. The molecule has 1 N–H and O–H groups in total. The second-order valence-electron chi connectivity index (χ2n) is 5.74. The quantitative estimate of drug-likeness (QED) is 0.796. The number of esters is 1. The van der Waals surface area contributed by atoms with Crippen LogP contribution in [0, 0.1) is 5.92 Å². The lowest BCUT2D eigenvalue weighted by Crippen LogP contribution is -2.38. The first kappa shape index (κ1) is 16.3. The molecule has 2 rings (SSSR count). The number of halogens is 1. The molecule has 1 aromatic carbocycles. The first-order valence-electron chi connectivity index (χ1n) is 7.26. The van der Waals surface area contributed by atoms with Gasteiger partial charge in [-0.25, -0.2) is 0 Å². The molecule has 0 amide bonds. The summed E-state index contributed by atoms with van der Waals surface area (Å²) in [4.78, 5) is 11.8. The van der Waals surface area contributed by atoms with Crippen LogP contribution in [-0.2, 0) is 22.5 Å². The number of benzene rings is 1. The Morgan fingerprint density at radius 3 is 2.90 bits per heavy atom. The van der Waals surface area contributed by atoms with Crippen LogP contribution in [0.1, 0.15) is 31.4 Å². The number of ether oxygens (including phenoxy) is 2. The average Bonchev–Trinajstić information content (AvgIpc) is 2.89. The topological polar surface area (TPSA) is 47.6 Å². The number of hydrogen-bond donors (Lipinski definition) is 1. The minimum absolute atomic E-state index is 0.212. The van der Waals surface area contributed by atoms with Gasteiger partial charge in [-0.2, -0.15) is 0 Å². The zero-order valence-corrected chi connectivity index (χ0v) is 14.3. The summed E-state index contributed by atoms with van der Waals surface area (Å²) in [5.41, 5.74) is 2.30. The van der Waals surface area contributed by atoms with Gasteiger partial charge in [-0.05, 0) is 30.0 Å². The Morgan fingerprint density at radius 2 is 2.24 bits per heavy atom. The van der Waals surface area contributed by atoms with E-state index in [-0.39, 0.29) is 12.0 Å². The number of carbonyl (C=O) groups is 1. The summed E-state index contributed by atoms with van der Waals surface area (Å²) in [5, 5.41) is 3.30. The van der Waals surface area contributed by atoms with Crippen LogP contribution in [0.25, 0.3) is 0 Å². The maximum absolute atomic E-state index is 11.8. The highest BCUT2D eigenvalue weighted by atomic mass is 79.9. The van der Waals surface area contributed by atoms with E-state index in [1.165, 1.54) is 12.7 Å². The Kier molecular flexibility index (Phi) is 5.65. The van der Waals surface area contributed by atoms with Crippen LogP contribution in [0.5, 0.6) is 5.75 Å². The van der Waals surface area contributed by atoms with Crippen LogP contribution in [0.4, 0.5) is 0 Å². The van der Waals surface area contributed by atoms with Gasteiger partial charge in [-0.3, -0.25) is 4.79 Å². The summed E-state index contributed by atoms with van der Waals surface area (Å²) in [6.07, 6.45) is 1.69. The maximum Gasteiger partial charge on any atom is 0.322 e. The highest BCUT2D eigenvalue weighted by molar-refractivity contribution is 9.10. The Hall–Kier alpha value is -1.07. The molecule has 1 heterocycles. The molecule has 0 saturated carbocycles. The maximum atomic E-state index is 11.8. The van der Waals surface area contributed by atoms with Crippen molar-refractivity contribution in [2.45, 2.75) is 39.3 Å². The van der Waals surface area contributed by atoms with Crippen LogP contribution in [0.3, 0.4) is 0 Å². The van der Waals surface area contributed by atoms with Gasteiger partial charge in [0.2, 0.25) is 0 Å². The molecule has 1 aliphatic rings. The number of fused-ring (bicyclic) bond motifs is 1. The lowest BCUT2D eigenvalue weighted by molar-refractivity contribution is -0.143. The summed E-state index contributed by atoms with van der Waals surface area (Å²) < 4.78 is 11.6. The van der Waals surface area contributed by atoms with Gasteiger partial charge in [0.1, 0.15) is 11.8 Å². The van der Waals surface area contributed by atoms with Gasteiger partial charge < -0.3 is 14.8 Å². The van der Waals surface area contributed by atoms with E-state index in [1.54, 1.807) is 0 Å². The van der Waals surface area contributed by atoms with Gasteiger partial charge >= 0.3 is 5.97 Å².